The second-order valence-corrected chi connectivity index (χ2v) is 8.82. The Labute approximate surface area is 197 Å². The number of nitro benzene ring substituents is 1. The molecule has 4 rings (SSSR count). The van der Waals surface area contributed by atoms with Crippen LogP contribution in [0.15, 0.2) is 54.6 Å². The summed E-state index contributed by atoms with van der Waals surface area (Å²) in [5.74, 6) is -0.473. The molecule has 0 N–H and O–H groups in total. The Kier molecular flexibility index (Phi) is 6.23. The van der Waals surface area contributed by atoms with Gasteiger partial charge in [0.1, 0.15) is 12.1 Å². The van der Waals surface area contributed by atoms with Crippen LogP contribution in [0.5, 0.6) is 0 Å². The molecular formula is C24H27N5O5. The highest BCUT2D eigenvalue weighted by atomic mass is 16.6. The van der Waals surface area contributed by atoms with Crippen molar-refractivity contribution in [2.75, 3.05) is 45.3 Å². The lowest BCUT2D eigenvalue weighted by Gasteiger charge is -2.43. The molecule has 0 unspecified atom stereocenters. The molecule has 34 heavy (non-hydrogen) atoms. The predicted octanol–water partition coefficient (Wildman–Crippen LogP) is 1.96. The normalized spacial score (nSPS) is 17.2. The minimum atomic E-state index is -0.833. The van der Waals surface area contributed by atoms with Crippen LogP contribution in [0, 0.1) is 10.1 Å². The van der Waals surface area contributed by atoms with Gasteiger partial charge in [-0.05, 0) is 37.1 Å². The fourth-order valence-corrected chi connectivity index (χ4v) is 4.62. The van der Waals surface area contributed by atoms with Gasteiger partial charge in [0, 0.05) is 50.6 Å². The Morgan fingerprint density at radius 1 is 1.03 bits per heavy atom. The number of rotatable bonds is 5. The number of hydrogen-bond donors (Lipinski definition) is 0. The molecule has 0 bridgehead atoms. The number of piperidine rings is 1. The van der Waals surface area contributed by atoms with E-state index in [1.54, 1.807) is 23.9 Å². The molecule has 0 atom stereocenters. The van der Waals surface area contributed by atoms with E-state index < -0.39 is 10.5 Å². The molecule has 2 fully saturated rings. The maximum Gasteiger partial charge on any atom is 0.269 e. The third kappa shape index (κ3) is 4.18. The molecule has 2 aliphatic heterocycles. The zero-order valence-corrected chi connectivity index (χ0v) is 19.2. The topological polar surface area (TPSA) is 107 Å². The monoisotopic (exact) mass is 465 g/mol. The lowest BCUT2D eigenvalue weighted by Crippen LogP contribution is -2.57. The summed E-state index contributed by atoms with van der Waals surface area (Å²) in [6.07, 6.45) is 0.845. The number of carbonyl (C=O) groups excluding carboxylic acids is 3. The average Bonchev–Trinajstić information content (AvgIpc) is 3.10. The van der Waals surface area contributed by atoms with Crippen molar-refractivity contribution in [2.45, 2.75) is 18.4 Å². The summed E-state index contributed by atoms with van der Waals surface area (Å²) < 4.78 is 0. The largest absolute Gasteiger partial charge is 0.347 e. The smallest absolute Gasteiger partial charge is 0.269 e. The second kappa shape index (κ2) is 9.12. The van der Waals surface area contributed by atoms with Crippen LogP contribution in [0.25, 0.3) is 0 Å². The summed E-state index contributed by atoms with van der Waals surface area (Å²) >= 11 is 0. The molecular weight excluding hydrogens is 438 g/mol. The first kappa shape index (κ1) is 23.2. The predicted molar refractivity (Wildman–Crippen MR) is 125 cm³/mol. The molecule has 3 amide bonds. The van der Waals surface area contributed by atoms with E-state index in [2.05, 4.69) is 0 Å². The van der Waals surface area contributed by atoms with Crippen molar-refractivity contribution in [2.24, 2.45) is 0 Å². The number of likely N-dealkylation sites (tertiary alicyclic amines) is 1. The molecule has 0 aliphatic carbocycles. The third-order valence-corrected chi connectivity index (χ3v) is 6.61. The van der Waals surface area contributed by atoms with Gasteiger partial charge in [-0.25, -0.2) is 0 Å². The molecule has 2 aromatic rings. The van der Waals surface area contributed by atoms with Crippen LogP contribution in [0.3, 0.4) is 0 Å². The Balaban J connectivity index is 1.54. The first-order valence-corrected chi connectivity index (χ1v) is 11.1. The molecule has 0 saturated carbocycles. The number of hydrogen-bond acceptors (Lipinski definition) is 6. The molecule has 178 valence electrons. The quantitative estimate of drug-likeness (QED) is 0.494. The van der Waals surface area contributed by atoms with Crippen LogP contribution in [-0.4, -0.2) is 83.3 Å². The third-order valence-electron chi connectivity index (χ3n) is 6.61. The summed E-state index contributed by atoms with van der Waals surface area (Å²) in [4.78, 5) is 56.1. The van der Waals surface area contributed by atoms with E-state index in [1.807, 2.05) is 35.2 Å². The highest BCUT2D eigenvalue weighted by molar-refractivity contribution is 5.97. The number of para-hydroxylation sites is 1. The van der Waals surface area contributed by atoms with E-state index in [0.29, 0.717) is 38.2 Å². The first-order chi connectivity index (χ1) is 16.2. The van der Waals surface area contributed by atoms with Gasteiger partial charge in [-0.2, -0.15) is 0 Å². The van der Waals surface area contributed by atoms with Gasteiger partial charge in [-0.3, -0.25) is 24.5 Å². The van der Waals surface area contributed by atoms with Crippen LogP contribution in [0.2, 0.25) is 0 Å². The van der Waals surface area contributed by atoms with Gasteiger partial charge in [0.2, 0.25) is 5.91 Å². The Hall–Kier alpha value is -3.95. The van der Waals surface area contributed by atoms with Gasteiger partial charge in [0.25, 0.3) is 17.5 Å². The van der Waals surface area contributed by atoms with Crippen LogP contribution in [0.1, 0.15) is 23.2 Å². The molecule has 1 spiro atoms. The summed E-state index contributed by atoms with van der Waals surface area (Å²) in [6, 6.07) is 15.2. The number of likely N-dealkylation sites (N-methyl/N-ethyl adjacent to an activating group) is 1. The highest BCUT2D eigenvalue weighted by Crippen LogP contribution is 2.39. The maximum absolute atomic E-state index is 13.6. The van der Waals surface area contributed by atoms with E-state index >= 15 is 0 Å². The van der Waals surface area contributed by atoms with Gasteiger partial charge < -0.3 is 19.6 Å². The lowest BCUT2D eigenvalue weighted by atomic mass is 9.85. The number of nitrogens with zero attached hydrogens (tertiary/aromatic N) is 5. The van der Waals surface area contributed by atoms with Gasteiger partial charge in [0.05, 0.1) is 11.6 Å². The van der Waals surface area contributed by atoms with E-state index in [-0.39, 0.29) is 30.0 Å². The van der Waals surface area contributed by atoms with Crippen molar-refractivity contribution in [3.8, 4) is 0 Å². The Morgan fingerprint density at radius 3 is 2.21 bits per heavy atom. The van der Waals surface area contributed by atoms with Crippen molar-refractivity contribution in [3.63, 3.8) is 0 Å². The summed E-state index contributed by atoms with van der Waals surface area (Å²) in [6.45, 7) is 1.03. The Morgan fingerprint density at radius 2 is 1.65 bits per heavy atom. The van der Waals surface area contributed by atoms with E-state index in [0.717, 1.165) is 5.69 Å². The van der Waals surface area contributed by atoms with Crippen molar-refractivity contribution >= 4 is 29.1 Å². The van der Waals surface area contributed by atoms with Crippen molar-refractivity contribution < 1.29 is 19.3 Å². The van der Waals surface area contributed by atoms with E-state index in [9.17, 15) is 24.5 Å². The standard InChI is InChI=1S/C24H27N5O5/c1-25(2)21(30)16-27-17-28(19-6-4-3-5-7-19)24(23(27)32)12-14-26(15-13-24)22(31)18-8-10-20(11-9-18)29(33)34/h3-11H,12-17H2,1-2H3. The van der Waals surface area contributed by atoms with Crippen molar-refractivity contribution in [1.29, 1.82) is 0 Å². The van der Waals surface area contributed by atoms with Gasteiger partial charge in [0.15, 0.2) is 0 Å². The number of anilines is 1. The van der Waals surface area contributed by atoms with Crippen molar-refractivity contribution in [3.05, 3.63) is 70.3 Å². The molecule has 10 heteroatoms. The highest BCUT2D eigenvalue weighted by Gasteiger charge is 2.54. The Bertz CT molecular complexity index is 1090. The average molecular weight is 466 g/mol. The maximum atomic E-state index is 13.6. The number of carbonyl (C=O) groups is 3. The number of benzene rings is 2. The minimum absolute atomic E-state index is 0.00234. The van der Waals surface area contributed by atoms with Gasteiger partial charge in [-0.15, -0.1) is 0 Å². The second-order valence-electron chi connectivity index (χ2n) is 8.82. The molecule has 2 heterocycles. The first-order valence-electron chi connectivity index (χ1n) is 11.1. The minimum Gasteiger partial charge on any atom is -0.347 e. The van der Waals surface area contributed by atoms with Crippen LogP contribution in [0.4, 0.5) is 11.4 Å². The molecule has 0 radical (unpaired) electrons. The molecule has 2 aromatic carbocycles. The fraction of sp³-hybridized carbons (Fsp3) is 0.375. The molecule has 10 nitrogen and oxygen atoms in total. The molecule has 2 saturated heterocycles. The number of amides is 3. The number of non-ortho nitro benzene ring substituents is 1. The SMILES string of the molecule is CN(C)C(=O)CN1CN(c2ccccc2)C2(CCN(C(=O)c3ccc([N+](=O)[O-])cc3)CC2)C1=O. The van der Waals surface area contributed by atoms with Gasteiger partial charge in [-0.1, -0.05) is 18.2 Å². The zero-order valence-electron chi connectivity index (χ0n) is 19.2. The summed E-state index contributed by atoms with van der Waals surface area (Å²) in [5.41, 5.74) is 0.361. The van der Waals surface area contributed by atoms with E-state index in [1.165, 1.54) is 29.2 Å². The molecule has 0 aromatic heterocycles. The van der Waals surface area contributed by atoms with Crippen LogP contribution >= 0.6 is 0 Å². The lowest BCUT2D eigenvalue weighted by molar-refractivity contribution is -0.384. The van der Waals surface area contributed by atoms with E-state index in [4.69, 9.17) is 0 Å². The summed E-state index contributed by atoms with van der Waals surface area (Å²) in [5, 5.41) is 10.9. The van der Waals surface area contributed by atoms with Crippen molar-refractivity contribution in [1.82, 2.24) is 14.7 Å². The van der Waals surface area contributed by atoms with Crippen LogP contribution < -0.4 is 4.90 Å². The fourth-order valence-electron chi connectivity index (χ4n) is 4.62. The summed E-state index contributed by atoms with van der Waals surface area (Å²) in [7, 11) is 3.33. The zero-order chi connectivity index (χ0) is 24.5. The molecule has 2 aliphatic rings. The number of nitro groups is 1. The van der Waals surface area contributed by atoms with Crippen LogP contribution in [-0.2, 0) is 9.59 Å². The van der Waals surface area contributed by atoms with Gasteiger partial charge >= 0.3 is 0 Å².